The maximum absolute atomic E-state index is 13.8. The van der Waals surface area contributed by atoms with Gasteiger partial charge in [0, 0.05) is 30.9 Å². The Balaban J connectivity index is 1.53. The lowest BCUT2D eigenvalue weighted by atomic mass is 9.75. The molecule has 4 unspecified atom stereocenters. The van der Waals surface area contributed by atoms with Crippen LogP contribution in [0, 0.1) is 17.8 Å². The number of carbonyl (C=O) groups excluding carboxylic acids is 3. The third-order valence-corrected chi connectivity index (χ3v) is 8.79. The monoisotopic (exact) mass is 557 g/mol. The molecule has 2 saturated carbocycles. The molecule has 2 aliphatic carbocycles. The Labute approximate surface area is 238 Å². The third-order valence-electron chi connectivity index (χ3n) is 8.79. The molecule has 1 heterocycles. The fourth-order valence-corrected chi connectivity index (χ4v) is 6.37. The van der Waals surface area contributed by atoms with Crippen LogP contribution in [0.25, 0.3) is 0 Å². The van der Waals surface area contributed by atoms with E-state index >= 15 is 0 Å². The summed E-state index contributed by atoms with van der Waals surface area (Å²) in [7, 11) is 1.58. The quantitative estimate of drug-likeness (QED) is 0.471. The largest absolute Gasteiger partial charge is 0.497 e. The first-order chi connectivity index (χ1) is 19.2. The molecule has 4 N–H and O–H groups in total. The van der Waals surface area contributed by atoms with Crippen molar-refractivity contribution in [3.05, 3.63) is 24.3 Å². The number of rotatable bonds is 6. The van der Waals surface area contributed by atoms with Crippen LogP contribution >= 0.6 is 0 Å². The Morgan fingerprint density at radius 1 is 0.975 bits per heavy atom. The number of methoxy groups -OCH3 is 1. The summed E-state index contributed by atoms with van der Waals surface area (Å²) in [5.74, 6) is 1.44. The van der Waals surface area contributed by atoms with Gasteiger partial charge in [-0.1, -0.05) is 27.2 Å². The van der Waals surface area contributed by atoms with Gasteiger partial charge in [0.15, 0.2) is 6.17 Å². The number of nitrogens with one attached hydrogen (secondary N) is 2. The topological polar surface area (TPSA) is 126 Å². The SMILES string of the molecule is COc1ccc(NC(=O)N2CCCN(C(=O)OC3CC(C)CCC3C(C)C)C2C(=O)NC2CCC(N)CC2)cc1. The van der Waals surface area contributed by atoms with Gasteiger partial charge in [-0.05, 0) is 87.0 Å². The second-order valence-electron chi connectivity index (χ2n) is 12.1. The van der Waals surface area contributed by atoms with Crippen LogP contribution in [0.4, 0.5) is 15.3 Å². The van der Waals surface area contributed by atoms with Crippen molar-refractivity contribution in [3.63, 3.8) is 0 Å². The van der Waals surface area contributed by atoms with Gasteiger partial charge in [-0.2, -0.15) is 0 Å². The summed E-state index contributed by atoms with van der Waals surface area (Å²) in [6.07, 6.45) is 4.87. The fraction of sp³-hybridized carbons (Fsp3) is 0.700. The highest BCUT2D eigenvalue weighted by Crippen LogP contribution is 2.36. The van der Waals surface area contributed by atoms with Gasteiger partial charge >= 0.3 is 12.1 Å². The number of urea groups is 1. The number of nitrogens with zero attached hydrogens (tertiary/aromatic N) is 2. The van der Waals surface area contributed by atoms with Crippen molar-refractivity contribution >= 4 is 23.7 Å². The van der Waals surface area contributed by atoms with Crippen molar-refractivity contribution < 1.29 is 23.9 Å². The maximum atomic E-state index is 13.8. The van der Waals surface area contributed by atoms with Gasteiger partial charge in [-0.15, -0.1) is 0 Å². The van der Waals surface area contributed by atoms with Gasteiger partial charge in [-0.25, -0.2) is 9.59 Å². The molecule has 4 rings (SSSR count). The van der Waals surface area contributed by atoms with E-state index in [9.17, 15) is 14.4 Å². The smallest absolute Gasteiger partial charge is 0.412 e. The number of nitrogens with two attached hydrogens (primary N) is 1. The van der Waals surface area contributed by atoms with Crippen LogP contribution in [-0.4, -0.2) is 72.4 Å². The van der Waals surface area contributed by atoms with Crippen LogP contribution in [0.2, 0.25) is 0 Å². The molecule has 1 aliphatic heterocycles. The Bertz CT molecular complexity index is 1010. The van der Waals surface area contributed by atoms with Crippen LogP contribution in [0.15, 0.2) is 24.3 Å². The molecular formula is C30H47N5O5. The molecule has 0 bridgehead atoms. The highest BCUT2D eigenvalue weighted by molar-refractivity contribution is 5.95. The van der Waals surface area contributed by atoms with Crippen molar-refractivity contribution in [2.24, 2.45) is 23.5 Å². The predicted octanol–water partition coefficient (Wildman–Crippen LogP) is 4.54. The molecule has 4 atom stereocenters. The van der Waals surface area contributed by atoms with E-state index in [0.717, 1.165) is 44.9 Å². The van der Waals surface area contributed by atoms with E-state index < -0.39 is 18.3 Å². The van der Waals surface area contributed by atoms with Crippen LogP contribution < -0.4 is 21.1 Å². The minimum atomic E-state index is -1.10. The summed E-state index contributed by atoms with van der Waals surface area (Å²) in [5, 5.41) is 6.00. The predicted molar refractivity (Wildman–Crippen MR) is 154 cm³/mol. The normalized spacial score (nSPS) is 29.1. The van der Waals surface area contributed by atoms with Crippen molar-refractivity contribution in [3.8, 4) is 5.75 Å². The van der Waals surface area contributed by atoms with Gasteiger partial charge in [-0.3, -0.25) is 14.6 Å². The number of benzene rings is 1. The summed E-state index contributed by atoms with van der Waals surface area (Å²) >= 11 is 0. The van der Waals surface area contributed by atoms with Gasteiger partial charge < -0.3 is 25.8 Å². The minimum Gasteiger partial charge on any atom is -0.497 e. The average Bonchev–Trinajstić information content (AvgIpc) is 2.94. The van der Waals surface area contributed by atoms with Crippen LogP contribution in [-0.2, 0) is 9.53 Å². The summed E-state index contributed by atoms with van der Waals surface area (Å²) in [6, 6.07) is 6.65. The average molecular weight is 558 g/mol. The molecule has 222 valence electrons. The Hall–Kier alpha value is -3.01. The number of hydrogen-bond donors (Lipinski definition) is 3. The first-order valence-corrected chi connectivity index (χ1v) is 14.9. The highest BCUT2D eigenvalue weighted by atomic mass is 16.6. The second kappa shape index (κ2) is 13.6. The molecule has 0 spiro atoms. The Morgan fingerprint density at radius 3 is 2.30 bits per heavy atom. The molecule has 1 saturated heterocycles. The molecule has 1 aromatic carbocycles. The summed E-state index contributed by atoms with van der Waals surface area (Å²) in [4.78, 5) is 43.9. The number of ether oxygens (including phenoxy) is 2. The molecule has 10 heteroatoms. The lowest BCUT2D eigenvalue weighted by molar-refractivity contribution is -0.134. The molecule has 0 radical (unpaired) electrons. The van der Waals surface area contributed by atoms with Crippen LogP contribution in [0.5, 0.6) is 5.75 Å². The molecule has 10 nitrogen and oxygen atoms in total. The van der Waals surface area contributed by atoms with Crippen molar-refractivity contribution in [2.75, 3.05) is 25.5 Å². The van der Waals surface area contributed by atoms with Gasteiger partial charge in [0.1, 0.15) is 11.9 Å². The summed E-state index contributed by atoms with van der Waals surface area (Å²) < 4.78 is 11.4. The van der Waals surface area contributed by atoms with E-state index in [2.05, 4.69) is 31.4 Å². The molecule has 40 heavy (non-hydrogen) atoms. The van der Waals surface area contributed by atoms with Crippen molar-refractivity contribution in [2.45, 2.75) is 96.5 Å². The summed E-state index contributed by atoms with van der Waals surface area (Å²) in [5.41, 5.74) is 6.64. The van der Waals surface area contributed by atoms with E-state index in [0.29, 0.717) is 42.8 Å². The highest BCUT2D eigenvalue weighted by Gasteiger charge is 2.43. The van der Waals surface area contributed by atoms with E-state index in [1.165, 1.54) is 9.80 Å². The fourth-order valence-electron chi connectivity index (χ4n) is 6.37. The number of amides is 4. The van der Waals surface area contributed by atoms with Gasteiger partial charge in [0.25, 0.3) is 5.91 Å². The number of hydrogen-bond acceptors (Lipinski definition) is 6. The molecular weight excluding hydrogens is 510 g/mol. The lowest BCUT2D eigenvalue weighted by Crippen LogP contribution is -2.65. The zero-order chi connectivity index (χ0) is 28.8. The summed E-state index contributed by atoms with van der Waals surface area (Å²) in [6.45, 7) is 7.21. The third kappa shape index (κ3) is 7.38. The molecule has 3 aliphatic rings. The van der Waals surface area contributed by atoms with Gasteiger partial charge in [0.2, 0.25) is 0 Å². The molecule has 0 aromatic heterocycles. The Morgan fingerprint density at radius 2 is 1.65 bits per heavy atom. The first-order valence-electron chi connectivity index (χ1n) is 14.9. The van der Waals surface area contributed by atoms with E-state index in [1.54, 1.807) is 31.4 Å². The van der Waals surface area contributed by atoms with E-state index in [1.807, 2.05) is 0 Å². The standard InChI is InChI=1S/C30H47N5O5/c1-19(2)25-15-6-20(3)18-26(25)40-30(38)35-17-5-16-34(29(37)33-23-11-13-24(39-4)14-12-23)28(35)27(36)32-22-9-7-21(31)8-10-22/h11-14,19-22,25-26,28H,5-10,15-18,31H2,1-4H3,(H,32,36)(H,33,37). The Kier molecular flexibility index (Phi) is 10.2. The lowest BCUT2D eigenvalue weighted by Gasteiger charge is -2.44. The van der Waals surface area contributed by atoms with Gasteiger partial charge in [0.05, 0.1) is 7.11 Å². The van der Waals surface area contributed by atoms with Crippen LogP contribution in [0.3, 0.4) is 0 Å². The minimum absolute atomic E-state index is 0.0388. The molecule has 4 amide bonds. The van der Waals surface area contributed by atoms with E-state index in [-0.39, 0.29) is 30.0 Å². The van der Waals surface area contributed by atoms with E-state index in [4.69, 9.17) is 15.2 Å². The first kappa shape index (κ1) is 30.0. The zero-order valence-corrected chi connectivity index (χ0v) is 24.4. The van der Waals surface area contributed by atoms with Crippen molar-refractivity contribution in [1.29, 1.82) is 0 Å². The van der Waals surface area contributed by atoms with Crippen LogP contribution in [0.1, 0.15) is 72.1 Å². The zero-order valence-electron chi connectivity index (χ0n) is 24.4. The number of carbonyl (C=O) groups is 3. The second-order valence-corrected chi connectivity index (χ2v) is 12.1. The molecule has 1 aromatic rings. The number of anilines is 1. The molecule has 3 fully saturated rings. The van der Waals surface area contributed by atoms with Crippen molar-refractivity contribution in [1.82, 2.24) is 15.1 Å². The maximum Gasteiger partial charge on any atom is 0.412 e.